The lowest BCUT2D eigenvalue weighted by Gasteiger charge is -2.55. The quantitative estimate of drug-likeness (QED) is 0.402. The number of phenolic OH excluding ortho intramolecular Hbond substituents is 1. The first-order chi connectivity index (χ1) is 20.2. The van der Waals surface area contributed by atoms with Crippen LogP contribution in [0.4, 0.5) is 13.6 Å². The summed E-state index contributed by atoms with van der Waals surface area (Å²) in [7, 11) is 0. The van der Waals surface area contributed by atoms with Crippen LogP contribution in [0.2, 0.25) is 0 Å². The van der Waals surface area contributed by atoms with E-state index in [-0.39, 0.29) is 56.7 Å². The molecule has 0 radical (unpaired) electrons. The highest BCUT2D eigenvalue weighted by atomic mass is 19.2. The van der Waals surface area contributed by atoms with E-state index < -0.39 is 29.9 Å². The zero-order valence-corrected chi connectivity index (χ0v) is 22.8. The fourth-order valence-corrected chi connectivity index (χ4v) is 5.41. The molecule has 3 aromatic carbocycles. The number of amides is 4. The summed E-state index contributed by atoms with van der Waals surface area (Å²) in [5.74, 6) is -2.70. The van der Waals surface area contributed by atoms with Crippen molar-refractivity contribution in [2.75, 3.05) is 19.6 Å². The molecule has 0 bridgehead atoms. The number of hydrazine groups is 1. The number of fused-ring (bicyclic) bond motifs is 1. The number of phenols is 1. The van der Waals surface area contributed by atoms with Gasteiger partial charge in [0.2, 0.25) is 11.8 Å². The predicted molar refractivity (Wildman–Crippen MR) is 150 cm³/mol. The van der Waals surface area contributed by atoms with Crippen LogP contribution in [0.15, 0.2) is 85.5 Å². The normalized spacial score (nSPS) is 19.0. The third-order valence-electron chi connectivity index (χ3n) is 7.39. The van der Waals surface area contributed by atoms with Crippen molar-refractivity contribution in [2.45, 2.75) is 31.7 Å². The summed E-state index contributed by atoms with van der Waals surface area (Å²) in [6, 6.07) is 17.6. The third-order valence-corrected chi connectivity index (χ3v) is 7.39. The maximum absolute atomic E-state index is 14.0. The lowest BCUT2D eigenvalue weighted by molar-refractivity contribution is -0.189. The number of nitrogens with one attached hydrogen (secondary N) is 1. The van der Waals surface area contributed by atoms with E-state index in [4.69, 9.17) is 0 Å². The molecule has 2 heterocycles. The number of halogens is 2. The Morgan fingerprint density at radius 2 is 1.69 bits per heavy atom. The van der Waals surface area contributed by atoms with E-state index in [2.05, 4.69) is 11.9 Å². The Bertz CT molecular complexity index is 1470. The molecule has 2 aliphatic heterocycles. The average Bonchev–Trinajstić information content (AvgIpc) is 2.97. The second-order valence-corrected chi connectivity index (χ2v) is 10.3. The minimum Gasteiger partial charge on any atom is -0.508 e. The van der Waals surface area contributed by atoms with Crippen LogP contribution in [0.5, 0.6) is 5.75 Å². The number of urea groups is 1. The Balaban J connectivity index is 1.50. The van der Waals surface area contributed by atoms with Crippen molar-refractivity contribution < 1.29 is 28.3 Å². The van der Waals surface area contributed by atoms with E-state index in [1.807, 2.05) is 30.3 Å². The van der Waals surface area contributed by atoms with Gasteiger partial charge in [-0.3, -0.25) is 9.59 Å². The monoisotopic (exact) mass is 575 g/mol. The van der Waals surface area contributed by atoms with E-state index in [1.165, 1.54) is 33.0 Å². The number of benzene rings is 3. The zero-order chi connectivity index (χ0) is 29.8. The molecule has 42 heavy (non-hydrogen) atoms. The van der Waals surface area contributed by atoms with Gasteiger partial charge in [0.05, 0.1) is 13.1 Å². The van der Waals surface area contributed by atoms with Gasteiger partial charge in [-0.05, 0) is 41.0 Å². The van der Waals surface area contributed by atoms with Gasteiger partial charge in [0.1, 0.15) is 18.0 Å². The van der Waals surface area contributed by atoms with Gasteiger partial charge in [0.15, 0.2) is 11.6 Å². The fourth-order valence-electron chi connectivity index (χ4n) is 5.41. The molecule has 0 aromatic heterocycles. The molecule has 11 heteroatoms. The lowest BCUT2D eigenvalue weighted by atomic mass is 9.98. The van der Waals surface area contributed by atoms with Crippen molar-refractivity contribution in [3.63, 3.8) is 0 Å². The summed E-state index contributed by atoms with van der Waals surface area (Å²) >= 11 is 0. The Hall–Kier alpha value is -4.77. The number of hydrogen-bond acceptors (Lipinski definition) is 5. The first kappa shape index (κ1) is 28.7. The predicted octanol–water partition coefficient (Wildman–Crippen LogP) is 3.41. The molecule has 4 amide bonds. The van der Waals surface area contributed by atoms with Crippen LogP contribution in [0.3, 0.4) is 0 Å². The average molecular weight is 576 g/mol. The maximum Gasteiger partial charge on any atom is 0.334 e. The van der Waals surface area contributed by atoms with Crippen molar-refractivity contribution in [3.05, 3.63) is 114 Å². The molecule has 5 rings (SSSR count). The van der Waals surface area contributed by atoms with E-state index in [1.54, 1.807) is 23.2 Å². The highest BCUT2D eigenvalue weighted by Crippen LogP contribution is 2.30. The van der Waals surface area contributed by atoms with Crippen LogP contribution in [-0.4, -0.2) is 74.6 Å². The van der Waals surface area contributed by atoms with Crippen molar-refractivity contribution >= 4 is 17.8 Å². The fraction of sp³-hybridized carbons (Fsp3) is 0.258. The molecule has 2 atom stereocenters. The standard InChI is InChI=1S/C31H31F2N5O4/c1-2-14-36-20-29(40)37-27(16-21-8-11-24(39)12-9-21)30(41)35(18-23-10-13-25(32)26(33)15-23)19-28(37)38(36)31(42)34-17-22-6-4-3-5-7-22/h2-13,15,27-28,39H,1,14,16-20H2,(H,34,42)/t27-,28-/m0/s1. The van der Waals surface area contributed by atoms with Gasteiger partial charge >= 0.3 is 6.03 Å². The molecule has 2 fully saturated rings. The molecule has 2 saturated heterocycles. The molecule has 0 saturated carbocycles. The van der Waals surface area contributed by atoms with Gasteiger partial charge in [-0.2, -0.15) is 0 Å². The second-order valence-electron chi connectivity index (χ2n) is 10.3. The molecule has 2 N–H and O–H groups in total. The minimum atomic E-state index is -1.04. The Morgan fingerprint density at radius 3 is 2.38 bits per heavy atom. The van der Waals surface area contributed by atoms with Crippen molar-refractivity contribution in [1.29, 1.82) is 0 Å². The molecule has 3 aromatic rings. The van der Waals surface area contributed by atoms with Crippen LogP contribution in [0.25, 0.3) is 0 Å². The van der Waals surface area contributed by atoms with E-state index >= 15 is 0 Å². The lowest BCUT2D eigenvalue weighted by Crippen LogP contribution is -2.76. The van der Waals surface area contributed by atoms with E-state index in [0.29, 0.717) is 11.1 Å². The summed E-state index contributed by atoms with van der Waals surface area (Å²) in [4.78, 5) is 44.1. The highest BCUT2D eigenvalue weighted by Gasteiger charge is 2.51. The molecular formula is C31H31F2N5O4. The second kappa shape index (κ2) is 12.4. The van der Waals surface area contributed by atoms with Crippen LogP contribution in [0.1, 0.15) is 16.7 Å². The van der Waals surface area contributed by atoms with Gasteiger partial charge in [-0.25, -0.2) is 23.6 Å². The topological polar surface area (TPSA) is 96.4 Å². The summed E-state index contributed by atoms with van der Waals surface area (Å²) < 4.78 is 27.7. The number of nitrogens with zero attached hydrogens (tertiary/aromatic N) is 4. The zero-order valence-electron chi connectivity index (χ0n) is 22.8. The van der Waals surface area contributed by atoms with E-state index in [9.17, 15) is 28.3 Å². The van der Waals surface area contributed by atoms with Crippen molar-refractivity contribution in [3.8, 4) is 5.75 Å². The molecule has 2 aliphatic rings. The first-order valence-electron chi connectivity index (χ1n) is 13.5. The van der Waals surface area contributed by atoms with Crippen molar-refractivity contribution in [1.82, 2.24) is 25.1 Å². The highest BCUT2D eigenvalue weighted by molar-refractivity contribution is 5.91. The first-order valence-corrected chi connectivity index (χ1v) is 13.5. The van der Waals surface area contributed by atoms with Gasteiger partial charge < -0.3 is 20.2 Å². The number of aromatic hydroxyl groups is 1. The number of piperazine rings is 1. The summed E-state index contributed by atoms with van der Waals surface area (Å²) in [6.07, 6.45) is 0.824. The minimum absolute atomic E-state index is 0.0535. The van der Waals surface area contributed by atoms with Crippen molar-refractivity contribution in [2.24, 2.45) is 0 Å². The van der Waals surface area contributed by atoms with Crippen LogP contribution < -0.4 is 5.32 Å². The van der Waals surface area contributed by atoms with Crippen LogP contribution >= 0.6 is 0 Å². The third kappa shape index (κ3) is 6.10. The molecular weight excluding hydrogens is 544 g/mol. The molecule has 0 aliphatic carbocycles. The number of carbonyl (C=O) groups excluding carboxylic acids is 3. The molecule has 0 unspecified atom stereocenters. The number of rotatable bonds is 8. The van der Waals surface area contributed by atoms with Crippen LogP contribution in [-0.2, 0) is 29.1 Å². The Morgan fingerprint density at radius 1 is 0.976 bits per heavy atom. The number of hydrogen-bond donors (Lipinski definition) is 2. The maximum atomic E-state index is 14.0. The molecule has 218 valence electrons. The molecule has 9 nitrogen and oxygen atoms in total. The van der Waals surface area contributed by atoms with Gasteiger partial charge in [0.25, 0.3) is 0 Å². The van der Waals surface area contributed by atoms with Gasteiger partial charge in [-0.1, -0.05) is 54.6 Å². The van der Waals surface area contributed by atoms with Crippen LogP contribution in [0, 0.1) is 11.6 Å². The van der Waals surface area contributed by atoms with Gasteiger partial charge in [-0.15, -0.1) is 6.58 Å². The summed E-state index contributed by atoms with van der Waals surface area (Å²) in [5.41, 5.74) is 1.94. The summed E-state index contributed by atoms with van der Waals surface area (Å²) in [6.45, 7) is 3.96. The smallest absolute Gasteiger partial charge is 0.334 e. The Labute approximate surface area is 242 Å². The van der Waals surface area contributed by atoms with E-state index in [0.717, 1.165) is 17.7 Å². The Kier molecular flexibility index (Phi) is 8.48. The summed E-state index contributed by atoms with van der Waals surface area (Å²) in [5, 5.41) is 15.7. The molecule has 0 spiro atoms. The number of carbonyl (C=O) groups is 3. The SMILES string of the molecule is C=CCN1CC(=O)N2[C@@H](Cc3ccc(O)cc3)C(=O)N(Cc3ccc(F)c(F)c3)C[C@@H]2N1C(=O)NCc1ccccc1. The largest absolute Gasteiger partial charge is 0.508 e. The van der Waals surface area contributed by atoms with Gasteiger partial charge in [0, 0.05) is 26.1 Å².